The lowest BCUT2D eigenvalue weighted by atomic mass is 10.0. The first kappa shape index (κ1) is 11.7. The zero-order valence-corrected chi connectivity index (χ0v) is 10.9. The molecule has 0 atom stereocenters. The van der Waals surface area contributed by atoms with Crippen LogP contribution in [0.1, 0.15) is 21.8 Å². The minimum Gasteiger partial charge on any atom is -0.402 e. The van der Waals surface area contributed by atoms with E-state index in [9.17, 15) is 4.79 Å². The molecular weight excluding hydrogens is 238 g/mol. The van der Waals surface area contributed by atoms with Crippen LogP contribution in [0.25, 0.3) is 11.1 Å². The molecule has 19 heavy (non-hydrogen) atoms. The summed E-state index contributed by atoms with van der Waals surface area (Å²) in [5.41, 5.74) is 3.10. The first-order valence-electron chi connectivity index (χ1n) is 6.16. The van der Waals surface area contributed by atoms with Crippen LogP contribution in [0.3, 0.4) is 0 Å². The molecular formula is C16H14NO2+. The SMILES string of the molecule is Cc1oc2ccc(C(=O)c3ccccc3)cc2[n+]1C. The largest absolute Gasteiger partial charge is 0.402 e. The predicted molar refractivity (Wildman–Crippen MR) is 72.0 cm³/mol. The first-order chi connectivity index (χ1) is 9.16. The summed E-state index contributed by atoms with van der Waals surface area (Å²) in [6, 6.07) is 14.8. The van der Waals surface area contributed by atoms with Crippen LogP contribution in [-0.4, -0.2) is 5.78 Å². The Hall–Kier alpha value is -2.42. The second kappa shape index (κ2) is 4.35. The van der Waals surface area contributed by atoms with Crippen LogP contribution in [-0.2, 0) is 7.05 Å². The van der Waals surface area contributed by atoms with Gasteiger partial charge in [0, 0.05) is 17.2 Å². The van der Waals surface area contributed by atoms with Gasteiger partial charge in [-0.3, -0.25) is 4.79 Å². The first-order valence-corrected chi connectivity index (χ1v) is 6.16. The van der Waals surface area contributed by atoms with Crippen molar-refractivity contribution in [3.8, 4) is 0 Å². The second-order valence-corrected chi connectivity index (χ2v) is 4.56. The lowest BCUT2D eigenvalue weighted by Gasteiger charge is -1.99. The third-order valence-corrected chi connectivity index (χ3v) is 3.35. The summed E-state index contributed by atoms with van der Waals surface area (Å²) in [7, 11) is 1.93. The molecule has 0 amide bonds. The Kier molecular flexibility index (Phi) is 2.67. The normalized spacial score (nSPS) is 10.8. The molecule has 0 bridgehead atoms. The van der Waals surface area contributed by atoms with Crippen LogP contribution >= 0.6 is 0 Å². The van der Waals surface area contributed by atoms with E-state index in [0.717, 1.165) is 17.0 Å². The number of oxazole rings is 1. The van der Waals surface area contributed by atoms with Crippen LogP contribution in [0, 0.1) is 6.92 Å². The highest BCUT2D eigenvalue weighted by atomic mass is 16.3. The van der Waals surface area contributed by atoms with Crippen molar-refractivity contribution in [2.24, 2.45) is 7.05 Å². The van der Waals surface area contributed by atoms with Gasteiger partial charge in [-0.2, -0.15) is 4.57 Å². The molecule has 3 heteroatoms. The Morgan fingerprint density at radius 3 is 2.53 bits per heavy atom. The molecule has 94 valence electrons. The Balaban J connectivity index is 2.11. The zero-order chi connectivity index (χ0) is 13.4. The fourth-order valence-corrected chi connectivity index (χ4v) is 2.16. The highest BCUT2D eigenvalue weighted by molar-refractivity contribution is 6.10. The fourth-order valence-electron chi connectivity index (χ4n) is 2.16. The number of aromatic nitrogens is 1. The van der Waals surface area contributed by atoms with Gasteiger partial charge in [0.25, 0.3) is 5.52 Å². The smallest absolute Gasteiger partial charge is 0.344 e. The summed E-state index contributed by atoms with van der Waals surface area (Å²) in [6.45, 7) is 1.90. The van der Waals surface area contributed by atoms with Crippen molar-refractivity contribution < 1.29 is 13.8 Å². The van der Waals surface area contributed by atoms with Gasteiger partial charge in [0.05, 0.1) is 6.92 Å². The van der Waals surface area contributed by atoms with Gasteiger partial charge in [-0.15, -0.1) is 0 Å². The fraction of sp³-hybridized carbons (Fsp3) is 0.125. The van der Waals surface area contributed by atoms with E-state index in [1.54, 1.807) is 6.07 Å². The summed E-state index contributed by atoms with van der Waals surface area (Å²) in [5.74, 6) is 0.848. The molecule has 3 nitrogen and oxygen atoms in total. The molecule has 0 N–H and O–H groups in total. The number of aryl methyl sites for hydroxylation is 2. The summed E-state index contributed by atoms with van der Waals surface area (Å²) in [4.78, 5) is 12.4. The average Bonchev–Trinajstić information content (AvgIpc) is 2.74. The molecule has 2 aromatic carbocycles. The maximum Gasteiger partial charge on any atom is 0.344 e. The topological polar surface area (TPSA) is 34.1 Å². The number of rotatable bonds is 2. The number of hydrogen-bond donors (Lipinski definition) is 0. The molecule has 0 fully saturated rings. The second-order valence-electron chi connectivity index (χ2n) is 4.56. The van der Waals surface area contributed by atoms with Gasteiger partial charge >= 0.3 is 5.89 Å². The van der Waals surface area contributed by atoms with Crippen molar-refractivity contribution >= 4 is 16.9 Å². The molecule has 0 aliphatic carbocycles. The van der Waals surface area contributed by atoms with Gasteiger partial charge in [0.15, 0.2) is 5.78 Å². The molecule has 0 saturated carbocycles. The molecule has 0 aliphatic heterocycles. The molecule has 3 aromatic rings. The van der Waals surface area contributed by atoms with Gasteiger partial charge in [-0.05, 0) is 12.1 Å². The minimum absolute atomic E-state index is 0.0290. The standard InChI is InChI=1S/C16H14NO2/c1-11-17(2)14-10-13(8-9-15(14)19-11)16(18)12-6-4-3-5-7-12/h3-10H,1-2H3/q+1. The van der Waals surface area contributed by atoms with Crippen LogP contribution in [0.2, 0.25) is 0 Å². The summed E-state index contributed by atoms with van der Waals surface area (Å²) >= 11 is 0. The van der Waals surface area contributed by atoms with Crippen molar-refractivity contribution in [1.29, 1.82) is 0 Å². The number of ketones is 1. The van der Waals surface area contributed by atoms with Crippen molar-refractivity contribution in [3.05, 3.63) is 65.5 Å². The van der Waals surface area contributed by atoms with Gasteiger partial charge in [-0.25, -0.2) is 0 Å². The third-order valence-electron chi connectivity index (χ3n) is 3.35. The Morgan fingerprint density at radius 1 is 1.05 bits per heavy atom. The van der Waals surface area contributed by atoms with E-state index in [4.69, 9.17) is 4.42 Å². The van der Waals surface area contributed by atoms with Crippen LogP contribution in [0.4, 0.5) is 0 Å². The highest BCUT2D eigenvalue weighted by Crippen LogP contribution is 2.17. The molecule has 0 radical (unpaired) electrons. The molecule has 0 aliphatic rings. The number of benzene rings is 2. The Bertz CT molecular complexity index is 757. The number of fused-ring (bicyclic) bond motifs is 1. The predicted octanol–water partition coefficient (Wildman–Crippen LogP) is 2.80. The molecule has 0 spiro atoms. The number of carbonyl (C=O) groups excluding carboxylic acids is 1. The van der Waals surface area contributed by atoms with E-state index in [-0.39, 0.29) is 5.78 Å². The van der Waals surface area contributed by atoms with Gasteiger partial charge in [0.1, 0.15) is 7.05 Å². The molecule has 0 unspecified atom stereocenters. The summed E-state index contributed by atoms with van der Waals surface area (Å²) < 4.78 is 7.53. The third kappa shape index (κ3) is 1.93. The molecule has 1 aromatic heterocycles. The highest BCUT2D eigenvalue weighted by Gasteiger charge is 2.17. The zero-order valence-electron chi connectivity index (χ0n) is 10.9. The summed E-state index contributed by atoms with van der Waals surface area (Å²) in [5, 5.41) is 0. The Morgan fingerprint density at radius 2 is 1.79 bits per heavy atom. The number of carbonyl (C=O) groups is 1. The van der Waals surface area contributed by atoms with E-state index >= 15 is 0 Å². The summed E-state index contributed by atoms with van der Waals surface area (Å²) in [6.07, 6.45) is 0. The average molecular weight is 252 g/mol. The molecule has 1 heterocycles. The van der Waals surface area contributed by atoms with Crippen molar-refractivity contribution in [1.82, 2.24) is 0 Å². The van der Waals surface area contributed by atoms with E-state index in [0.29, 0.717) is 11.1 Å². The van der Waals surface area contributed by atoms with E-state index in [1.807, 2.05) is 61.0 Å². The van der Waals surface area contributed by atoms with E-state index in [2.05, 4.69) is 0 Å². The van der Waals surface area contributed by atoms with Crippen molar-refractivity contribution in [2.45, 2.75) is 6.92 Å². The van der Waals surface area contributed by atoms with E-state index < -0.39 is 0 Å². The molecule has 3 rings (SSSR count). The maximum atomic E-state index is 12.4. The monoisotopic (exact) mass is 252 g/mol. The minimum atomic E-state index is 0.0290. The lowest BCUT2D eigenvalue weighted by Crippen LogP contribution is -2.29. The van der Waals surface area contributed by atoms with Crippen LogP contribution in [0.5, 0.6) is 0 Å². The Labute approximate surface area is 111 Å². The maximum absolute atomic E-state index is 12.4. The van der Waals surface area contributed by atoms with E-state index in [1.165, 1.54) is 0 Å². The van der Waals surface area contributed by atoms with Crippen molar-refractivity contribution in [3.63, 3.8) is 0 Å². The van der Waals surface area contributed by atoms with Crippen LogP contribution < -0.4 is 4.57 Å². The lowest BCUT2D eigenvalue weighted by molar-refractivity contribution is -0.657. The van der Waals surface area contributed by atoms with Crippen molar-refractivity contribution in [2.75, 3.05) is 0 Å². The quantitative estimate of drug-likeness (QED) is 0.519. The number of nitrogens with zero attached hydrogens (tertiary/aromatic N) is 1. The number of hydrogen-bond acceptors (Lipinski definition) is 2. The molecule has 0 saturated heterocycles. The van der Waals surface area contributed by atoms with Crippen LogP contribution in [0.15, 0.2) is 52.9 Å². The van der Waals surface area contributed by atoms with Gasteiger partial charge < -0.3 is 4.42 Å². The van der Waals surface area contributed by atoms with Gasteiger partial charge in [-0.1, -0.05) is 30.3 Å². The van der Waals surface area contributed by atoms with Gasteiger partial charge in [0.2, 0.25) is 5.58 Å².